The highest BCUT2D eigenvalue weighted by atomic mass is 16.7. The Morgan fingerprint density at radius 2 is 1.89 bits per heavy atom. The molecule has 0 unspecified atom stereocenters. The van der Waals surface area contributed by atoms with E-state index < -0.39 is 50.0 Å². The van der Waals surface area contributed by atoms with E-state index in [1.165, 1.54) is 0 Å². The Kier molecular flexibility index (Phi) is 5.84. The van der Waals surface area contributed by atoms with Crippen molar-refractivity contribution < 1.29 is 35.0 Å². The van der Waals surface area contributed by atoms with Crippen molar-refractivity contribution in [1.29, 1.82) is 5.26 Å². The summed E-state index contributed by atoms with van der Waals surface area (Å²) in [6.45, 7) is 2.33. The van der Waals surface area contributed by atoms with Gasteiger partial charge in [0.05, 0.1) is 19.3 Å². The maximum Gasteiger partial charge on any atom is 0.188 e. The van der Waals surface area contributed by atoms with Crippen molar-refractivity contribution in [2.75, 3.05) is 13.2 Å². The summed E-state index contributed by atoms with van der Waals surface area (Å²) < 4.78 is 10.1. The van der Waals surface area contributed by atoms with E-state index in [1.54, 1.807) is 6.07 Å². The van der Waals surface area contributed by atoms with Crippen LogP contribution in [-0.4, -0.2) is 75.6 Å². The highest BCUT2D eigenvalue weighted by molar-refractivity contribution is 5.13. The lowest BCUT2D eigenvalue weighted by molar-refractivity contribution is -0.304. The third-order valence-corrected chi connectivity index (χ3v) is 2.81. The van der Waals surface area contributed by atoms with Gasteiger partial charge in [-0.05, 0) is 5.57 Å². The second-order valence-corrected chi connectivity index (χ2v) is 4.16. The molecule has 0 aliphatic carbocycles. The number of nitrogens with zero attached hydrogens (tertiary/aromatic N) is 1. The van der Waals surface area contributed by atoms with Crippen molar-refractivity contribution >= 4 is 0 Å². The zero-order chi connectivity index (χ0) is 14.6. The van der Waals surface area contributed by atoms with Crippen LogP contribution >= 0.6 is 0 Å². The van der Waals surface area contributed by atoms with E-state index in [0.29, 0.717) is 0 Å². The van der Waals surface area contributed by atoms with Gasteiger partial charge in [-0.25, -0.2) is 0 Å². The Bertz CT molecular complexity index is 353. The SMILES string of the molecule is C=C(CO)[C@@H](C#N)O[C@@H]1O[C@H](CO)[C@H](O)[C@H](O)[C@H]1O. The third kappa shape index (κ3) is 3.49. The van der Waals surface area contributed by atoms with Gasteiger partial charge in [0.1, 0.15) is 24.4 Å². The number of hydrogen-bond donors (Lipinski definition) is 5. The minimum absolute atomic E-state index is 0.0551. The molecular formula is C11H17NO7. The van der Waals surface area contributed by atoms with Gasteiger partial charge >= 0.3 is 0 Å². The van der Waals surface area contributed by atoms with Gasteiger partial charge in [-0.1, -0.05) is 6.58 Å². The van der Waals surface area contributed by atoms with Gasteiger partial charge in [0.25, 0.3) is 0 Å². The monoisotopic (exact) mass is 275 g/mol. The van der Waals surface area contributed by atoms with Crippen LogP contribution in [-0.2, 0) is 9.47 Å². The summed E-state index contributed by atoms with van der Waals surface area (Å²) in [5.41, 5.74) is 0.0551. The fourth-order valence-electron chi connectivity index (χ4n) is 1.61. The third-order valence-electron chi connectivity index (χ3n) is 2.81. The van der Waals surface area contributed by atoms with Crippen LogP contribution in [0.1, 0.15) is 0 Å². The zero-order valence-electron chi connectivity index (χ0n) is 10.1. The van der Waals surface area contributed by atoms with E-state index in [4.69, 9.17) is 24.9 Å². The van der Waals surface area contributed by atoms with Crippen molar-refractivity contribution in [2.45, 2.75) is 36.8 Å². The summed E-state index contributed by atoms with van der Waals surface area (Å²) in [7, 11) is 0. The summed E-state index contributed by atoms with van der Waals surface area (Å²) >= 11 is 0. The van der Waals surface area contributed by atoms with Gasteiger partial charge in [-0.2, -0.15) is 5.26 Å². The van der Waals surface area contributed by atoms with E-state index >= 15 is 0 Å². The molecule has 0 aromatic carbocycles. The Morgan fingerprint density at radius 1 is 1.26 bits per heavy atom. The van der Waals surface area contributed by atoms with Gasteiger partial charge in [-0.3, -0.25) is 0 Å². The van der Waals surface area contributed by atoms with Gasteiger partial charge < -0.3 is 35.0 Å². The molecule has 6 atom stereocenters. The van der Waals surface area contributed by atoms with E-state index in [9.17, 15) is 15.3 Å². The first kappa shape index (κ1) is 16.0. The highest BCUT2D eigenvalue weighted by Gasteiger charge is 2.45. The van der Waals surface area contributed by atoms with Crippen molar-refractivity contribution in [2.24, 2.45) is 0 Å². The molecule has 5 N–H and O–H groups in total. The Balaban J connectivity index is 2.76. The van der Waals surface area contributed by atoms with E-state index in [-0.39, 0.29) is 5.57 Å². The summed E-state index contributed by atoms with van der Waals surface area (Å²) in [5.74, 6) is 0. The normalized spacial score (nSPS) is 36.5. The predicted octanol–water partition coefficient (Wildman–Crippen LogP) is -2.76. The Labute approximate surface area is 109 Å². The lowest BCUT2D eigenvalue weighted by Gasteiger charge is -2.40. The first-order valence-corrected chi connectivity index (χ1v) is 5.60. The molecule has 1 aliphatic heterocycles. The number of nitriles is 1. The zero-order valence-corrected chi connectivity index (χ0v) is 10.1. The first-order valence-electron chi connectivity index (χ1n) is 5.60. The van der Waals surface area contributed by atoms with Crippen LogP contribution in [0.15, 0.2) is 12.2 Å². The van der Waals surface area contributed by atoms with Crippen LogP contribution in [0.5, 0.6) is 0 Å². The van der Waals surface area contributed by atoms with E-state index in [0.717, 1.165) is 0 Å². The van der Waals surface area contributed by atoms with Crippen molar-refractivity contribution in [1.82, 2.24) is 0 Å². The molecule has 0 aromatic rings. The predicted molar refractivity (Wildman–Crippen MR) is 60.5 cm³/mol. The molecule has 0 radical (unpaired) electrons. The van der Waals surface area contributed by atoms with Gasteiger partial charge in [0.2, 0.25) is 0 Å². The quantitative estimate of drug-likeness (QED) is 0.340. The molecule has 0 amide bonds. The average molecular weight is 275 g/mol. The Morgan fingerprint density at radius 3 is 2.37 bits per heavy atom. The standard InChI is InChI=1S/C11H17NO7/c1-5(3-13)6(2-12)18-11-10(17)9(16)8(15)7(4-14)19-11/h6-11,13-17H,1,3-4H2/t6-,7-,8+,9+,10-,11-/m1/s1. The average Bonchev–Trinajstić information content (AvgIpc) is 2.43. The minimum Gasteiger partial charge on any atom is -0.394 e. The number of aliphatic hydroxyl groups is 5. The Hall–Kier alpha value is -1.05. The summed E-state index contributed by atoms with van der Waals surface area (Å²) in [6.07, 6.45) is -8.47. The molecule has 108 valence electrons. The largest absolute Gasteiger partial charge is 0.394 e. The number of rotatable bonds is 5. The fourth-order valence-corrected chi connectivity index (χ4v) is 1.61. The van der Waals surface area contributed by atoms with Crippen LogP contribution in [0.25, 0.3) is 0 Å². The maximum atomic E-state index is 9.68. The molecule has 0 bridgehead atoms. The van der Waals surface area contributed by atoms with Crippen LogP contribution < -0.4 is 0 Å². The molecule has 1 rings (SSSR count). The molecule has 1 aliphatic rings. The second kappa shape index (κ2) is 6.93. The maximum absolute atomic E-state index is 9.68. The lowest BCUT2D eigenvalue weighted by Crippen LogP contribution is -2.59. The first-order chi connectivity index (χ1) is 8.96. The number of aliphatic hydroxyl groups excluding tert-OH is 5. The fraction of sp³-hybridized carbons (Fsp3) is 0.727. The molecule has 0 spiro atoms. The van der Waals surface area contributed by atoms with Crippen LogP contribution in [0, 0.1) is 11.3 Å². The van der Waals surface area contributed by atoms with Crippen molar-refractivity contribution in [3.8, 4) is 6.07 Å². The van der Waals surface area contributed by atoms with Gasteiger partial charge in [0.15, 0.2) is 12.4 Å². The molecule has 8 nitrogen and oxygen atoms in total. The van der Waals surface area contributed by atoms with Crippen molar-refractivity contribution in [3.05, 3.63) is 12.2 Å². The summed E-state index contributed by atoms with van der Waals surface area (Å²) in [4.78, 5) is 0. The molecule has 0 saturated carbocycles. The van der Waals surface area contributed by atoms with Crippen LogP contribution in [0.2, 0.25) is 0 Å². The molecule has 1 saturated heterocycles. The van der Waals surface area contributed by atoms with Crippen LogP contribution in [0.3, 0.4) is 0 Å². The van der Waals surface area contributed by atoms with Gasteiger partial charge in [0, 0.05) is 0 Å². The number of ether oxygens (including phenoxy) is 2. The number of hydrogen-bond acceptors (Lipinski definition) is 8. The lowest BCUT2D eigenvalue weighted by atomic mass is 9.99. The summed E-state index contributed by atoms with van der Waals surface area (Å²) in [6, 6.07) is 1.70. The second-order valence-electron chi connectivity index (χ2n) is 4.16. The molecule has 19 heavy (non-hydrogen) atoms. The van der Waals surface area contributed by atoms with Crippen molar-refractivity contribution in [3.63, 3.8) is 0 Å². The van der Waals surface area contributed by atoms with E-state index in [2.05, 4.69) is 6.58 Å². The minimum atomic E-state index is -1.60. The topological polar surface area (TPSA) is 143 Å². The molecule has 1 heterocycles. The molecule has 0 aromatic heterocycles. The van der Waals surface area contributed by atoms with Gasteiger partial charge in [-0.15, -0.1) is 0 Å². The summed E-state index contributed by atoms with van der Waals surface area (Å²) in [5, 5.41) is 55.4. The molecule has 8 heteroatoms. The highest BCUT2D eigenvalue weighted by Crippen LogP contribution is 2.23. The smallest absolute Gasteiger partial charge is 0.188 e. The van der Waals surface area contributed by atoms with Crippen LogP contribution in [0.4, 0.5) is 0 Å². The van der Waals surface area contributed by atoms with E-state index in [1.807, 2.05) is 0 Å². The molecular weight excluding hydrogens is 258 g/mol. The molecule has 1 fully saturated rings.